The Morgan fingerprint density at radius 3 is 2.36 bits per heavy atom. The summed E-state index contributed by atoms with van der Waals surface area (Å²) in [4.78, 5) is 25.3. The Morgan fingerprint density at radius 2 is 1.76 bits per heavy atom. The number of carbonyl (C=O) groups is 1. The van der Waals surface area contributed by atoms with E-state index in [-0.39, 0.29) is 17.3 Å². The highest BCUT2D eigenvalue weighted by atomic mass is 32.2. The van der Waals surface area contributed by atoms with Crippen molar-refractivity contribution >= 4 is 23.4 Å². The Kier molecular flexibility index (Phi) is 7.43. The molecule has 0 aliphatic carbocycles. The Labute approximate surface area is 151 Å². The number of benzene rings is 2. The van der Waals surface area contributed by atoms with Gasteiger partial charge in [0.1, 0.15) is 0 Å². The van der Waals surface area contributed by atoms with Crippen LogP contribution in [0.1, 0.15) is 5.56 Å². The summed E-state index contributed by atoms with van der Waals surface area (Å²) in [6, 6.07) is 16.2. The van der Waals surface area contributed by atoms with Crippen LogP contribution in [0.5, 0.6) is 0 Å². The second kappa shape index (κ2) is 9.80. The van der Waals surface area contributed by atoms with Crippen LogP contribution in [-0.4, -0.2) is 41.1 Å². The molecule has 0 unspecified atom stereocenters. The molecule has 2 rings (SSSR count). The molecule has 0 aromatic heterocycles. The lowest BCUT2D eigenvalue weighted by atomic mass is 10.1. The highest BCUT2D eigenvalue weighted by Crippen LogP contribution is 2.21. The zero-order valence-corrected chi connectivity index (χ0v) is 14.7. The van der Waals surface area contributed by atoms with E-state index in [4.69, 9.17) is 5.73 Å². The van der Waals surface area contributed by atoms with Crippen molar-refractivity contribution in [3.63, 3.8) is 0 Å². The van der Waals surface area contributed by atoms with E-state index in [9.17, 15) is 14.9 Å². The molecule has 0 heterocycles. The van der Waals surface area contributed by atoms with Crippen molar-refractivity contribution in [3.05, 3.63) is 70.3 Å². The van der Waals surface area contributed by atoms with Gasteiger partial charge in [0.15, 0.2) is 0 Å². The second-order valence-electron chi connectivity index (χ2n) is 5.44. The lowest BCUT2D eigenvalue weighted by molar-refractivity contribution is -0.384. The number of hydrogen-bond acceptors (Lipinski definition) is 5. The second-order valence-corrected chi connectivity index (χ2v) is 6.49. The van der Waals surface area contributed by atoms with Gasteiger partial charge in [-0.15, -0.1) is 11.8 Å². The van der Waals surface area contributed by atoms with Gasteiger partial charge in [-0.05, 0) is 24.1 Å². The summed E-state index contributed by atoms with van der Waals surface area (Å²) < 4.78 is 0. The van der Waals surface area contributed by atoms with E-state index in [2.05, 4.69) is 0 Å². The van der Waals surface area contributed by atoms with Crippen LogP contribution in [0.4, 0.5) is 5.69 Å². The van der Waals surface area contributed by atoms with Crippen molar-refractivity contribution in [3.8, 4) is 0 Å². The Balaban J connectivity index is 1.87. The smallest absolute Gasteiger partial charge is 0.269 e. The maximum Gasteiger partial charge on any atom is 0.269 e. The maximum atomic E-state index is 12.4. The summed E-state index contributed by atoms with van der Waals surface area (Å²) in [5.41, 5.74) is 6.85. The molecule has 0 saturated heterocycles. The molecule has 0 aliphatic heterocycles. The average molecular weight is 359 g/mol. The quantitative estimate of drug-likeness (QED) is 0.422. The third-order valence-corrected chi connectivity index (χ3v) is 4.67. The summed E-state index contributed by atoms with van der Waals surface area (Å²) in [7, 11) is 0. The van der Waals surface area contributed by atoms with E-state index in [0.29, 0.717) is 19.6 Å². The third kappa shape index (κ3) is 6.21. The Hall–Kier alpha value is -2.38. The van der Waals surface area contributed by atoms with Crippen LogP contribution in [0, 0.1) is 10.1 Å². The summed E-state index contributed by atoms with van der Waals surface area (Å²) in [5, 5.41) is 10.7. The summed E-state index contributed by atoms with van der Waals surface area (Å²) in [6.07, 6.45) is 0.786. The van der Waals surface area contributed by atoms with Gasteiger partial charge in [-0.1, -0.05) is 30.3 Å². The molecule has 0 fully saturated rings. The number of non-ortho nitro benzene ring substituents is 1. The van der Waals surface area contributed by atoms with Crippen molar-refractivity contribution < 1.29 is 9.72 Å². The summed E-state index contributed by atoms with van der Waals surface area (Å²) in [6.45, 7) is 1.57. The van der Waals surface area contributed by atoms with E-state index >= 15 is 0 Å². The summed E-state index contributed by atoms with van der Waals surface area (Å²) >= 11 is 1.37. The molecule has 6 nitrogen and oxygen atoms in total. The van der Waals surface area contributed by atoms with Gasteiger partial charge in [-0.2, -0.15) is 0 Å². The van der Waals surface area contributed by atoms with Crippen LogP contribution in [0.2, 0.25) is 0 Å². The van der Waals surface area contributed by atoms with Gasteiger partial charge in [0.2, 0.25) is 5.91 Å². The fourth-order valence-electron chi connectivity index (χ4n) is 2.33. The van der Waals surface area contributed by atoms with Crippen molar-refractivity contribution in [1.82, 2.24) is 4.90 Å². The van der Waals surface area contributed by atoms with Gasteiger partial charge >= 0.3 is 0 Å². The molecule has 0 radical (unpaired) electrons. The molecule has 0 spiro atoms. The number of nitrogens with two attached hydrogens (primary N) is 1. The van der Waals surface area contributed by atoms with Crippen LogP contribution >= 0.6 is 11.8 Å². The average Bonchev–Trinajstić information content (AvgIpc) is 2.64. The van der Waals surface area contributed by atoms with E-state index in [1.807, 2.05) is 30.3 Å². The molecule has 132 valence electrons. The largest absolute Gasteiger partial charge is 0.340 e. The lowest BCUT2D eigenvalue weighted by Gasteiger charge is -2.22. The molecule has 2 N–H and O–H groups in total. The normalized spacial score (nSPS) is 10.4. The Bertz CT molecular complexity index is 692. The molecular weight excluding hydrogens is 338 g/mol. The van der Waals surface area contributed by atoms with E-state index in [0.717, 1.165) is 11.3 Å². The lowest BCUT2D eigenvalue weighted by Crippen LogP contribution is -2.38. The van der Waals surface area contributed by atoms with Crippen LogP contribution in [-0.2, 0) is 11.2 Å². The van der Waals surface area contributed by atoms with Crippen molar-refractivity contribution in [2.45, 2.75) is 11.3 Å². The number of rotatable bonds is 9. The molecule has 0 bridgehead atoms. The molecule has 1 amide bonds. The molecule has 7 heteroatoms. The topological polar surface area (TPSA) is 89.5 Å². The highest BCUT2D eigenvalue weighted by molar-refractivity contribution is 8.00. The minimum atomic E-state index is -0.438. The number of carbonyl (C=O) groups excluding carboxylic acids is 1. The SMILES string of the molecule is NCCN(CCc1ccccc1)C(=O)CSc1ccc([N+](=O)[O-])cc1. The number of nitro benzene ring substituents is 1. The number of amides is 1. The first-order chi connectivity index (χ1) is 12.1. The minimum Gasteiger partial charge on any atom is -0.340 e. The maximum absolute atomic E-state index is 12.4. The van der Waals surface area contributed by atoms with Crippen molar-refractivity contribution in [2.24, 2.45) is 5.73 Å². The number of nitrogens with zero attached hydrogens (tertiary/aromatic N) is 2. The first-order valence-corrected chi connectivity index (χ1v) is 8.97. The molecule has 2 aromatic carbocycles. The van der Waals surface area contributed by atoms with Gasteiger partial charge in [-0.25, -0.2) is 0 Å². The number of nitro groups is 1. The molecule has 25 heavy (non-hydrogen) atoms. The van der Waals surface area contributed by atoms with Gasteiger partial charge in [0, 0.05) is 36.7 Å². The standard InChI is InChI=1S/C18H21N3O3S/c19-11-13-20(12-10-15-4-2-1-3-5-15)18(22)14-25-17-8-6-16(7-9-17)21(23)24/h1-9H,10-14,19H2. The van der Waals surface area contributed by atoms with Gasteiger partial charge in [0.05, 0.1) is 10.7 Å². The minimum absolute atomic E-state index is 0.0183. The zero-order chi connectivity index (χ0) is 18.1. The number of thioether (sulfide) groups is 1. The predicted molar refractivity (Wildman–Crippen MR) is 99.6 cm³/mol. The summed E-state index contributed by atoms with van der Waals surface area (Å²) in [5.74, 6) is 0.303. The van der Waals surface area contributed by atoms with E-state index in [1.54, 1.807) is 17.0 Å². The molecular formula is C18H21N3O3S. The molecule has 2 aromatic rings. The fraction of sp³-hybridized carbons (Fsp3) is 0.278. The zero-order valence-electron chi connectivity index (χ0n) is 13.8. The van der Waals surface area contributed by atoms with Gasteiger partial charge < -0.3 is 10.6 Å². The van der Waals surface area contributed by atoms with Crippen molar-refractivity contribution in [1.29, 1.82) is 0 Å². The van der Waals surface area contributed by atoms with Crippen molar-refractivity contribution in [2.75, 3.05) is 25.4 Å². The molecule has 0 saturated carbocycles. The Morgan fingerprint density at radius 1 is 1.08 bits per heavy atom. The van der Waals surface area contributed by atoms with E-state index < -0.39 is 4.92 Å². The predicted octanol–water partition coefficient (Wildman–Crippen LogP) is 2.72. The first-order valence-electron chi connectivity index (χ1n) is 7.99. The third-order valence-electron chi connectivity index (χ3n) is 3.67. The first kappa shape index (κ1) is 19.0. The fourth-order valence-corrected chi connectivity index (χ4v) is 3.13. The van der Waals surface area contributed by atoms with Gasteiger partial charge in [-0.3, -0.25) is 14.9 Å². The highest BCUT2D eigenvalue weighted by Gasteiger charge is 2.13. The molecule has 0 aliphatic rings. The van der Waals surface area contributed by atoms with Crippen LogP contribution in [0.3, 0.4) is 0 Å². The van der Waals surface area contributed by atoms with E-state index in [1.165, 1.54) is 29.5 Å². The van der Waals surface area contributed by atoms with Crippen LogP contribution < -0.4 is 5.73 Å². The van der Waals surface area contributed by atoms with Crippen LogP contribution in [0.25, 0.3) is 0 Å². The van der Waals surface area contributed by atoms with Crippen LogP contribution in [0.15, 0.2) is 59.5 Å². The van der Waals surface area contributed by atoms with Gasteiger partial charge in [0.25, 0.3) is 5.69 Å². The monoisotopic (exact) mass is 359 g/mol. The molecule has 0 atom stereocenters. The number of hydrogen-bond donors (Lipinski definition) is 1.